The number of piperidine rings is 1. The van der Waals surface area contributed by atoms with Gasteiger partial charge in [0.1, 0.15) is 0 Å². The SMILES string of the molecule is CCN(C)C(=O)c1ccc(S(=O)(=O)N2CC(C)CC(C)C2)cc1. The monoisotopic (exact) mass is 338 g/mol. The Morgan fingerprint density at radius 1 is 1.17 bits per heavy atom. The maximum absolute atomic E-state index is 12.8. The standard InChI is InChI=1S/C17H26N2O3S/c1-5-18(4)17(20)15-6-8-16(9-7-15)23(21,22)19-11-13(2)10-14(3)12-19/h6-9,13-14H,5,10-12H2,1-4H3. The highest BCUT2D eigenvalue weighted by molar-refractivity contribution is 7.89. The molecule has 1 heterocycles. The van der Waals surface area contributed by atoms with Crippen LogP contribution in [0.1, 0.15) is 37.6 Å². The Morgan fingerprint density at radius 3 is 2.17 bits per heavy atom. The molecule has 1 saturated heterocycles. The molecule has 2 unspecified atom stereocenters. The highest BCUT2D eigenvalue weighted by Gasteiger charge is 2.31. The molecule has 128 valence electrons. The Bertz CT molecular complexity index is 645. The first-order chi connectivity index (χ1) is 10.8. The van der Waals surface area contributed by atoms with Gasteiger partial charge in [0.2, 0.25) is 10.0 Å². The second-order valence-corrected chi connectivity index (χ2v) is 8.55. The van der Waals surface area contributed by atoms with Crippen molar-refractivity contribution in [1.82, 2.24) is 9.21 Å². The fraction of sp³-hybridized carbons (Fsp3) is 0.588. The van der Waals surface area contributed by atoms with Crippen molar-refractivity contribution in [2.45, 2.75) is 32.1 Å². The van der Waals surface area contributed by atoms with Crippen molar-refractivity contribution in [3.8, 4) is 0 Å². The van der Waals surface area contributed by atoms with Gasteiger partial charge in [-0.1, -0.05) is 13.8 Å². The lowest BCUT2D eigenvalue weighted by Gasteiger charge is -2.34. The van der Waals surface area contributed by atoms with E-state index in [2.05, 4.69) is 13.8 Å². The smallest absolute Gasteiger partial charge is 0.253 e. The molecule has 2 atom stereocenters. The van der Waals surface area contributed by atoms with Gasteiger partial charge in [-0.2, -0.15) is 4.31 Å². The Labute approximate surface area is 139 Å². The summed E-state index contributed by atoms with van der Waals surface area (Å²) in [6.45, 7) is 7.80. The molecule has 0 aliphatic carbocycles. The fourth-order valence-electron chi connectivity index (χ4n) is 3.08. The van der Waals surface area contributed by atoms with Gasteiger partial charge in [-0.05, 0) is 49.4 Å². The van der Waals surface area contributed by atoms with Crippen LogP contribution in [0.25, 0.3) is 0 Å². The first kappa shape index (κ1) is 17.9. The number of hydrogen-bond donors (Lipinski definition) is 0. The Kier molecular flexibility index (Phi) is 5.47. The molecule has 0 saturated carbocycles. The zero-order valence-corrected chi connectivity index (χ0v) is 15.1. The normalized spacial score (nSPS) is 22.8. The molecule has 6 heteroatoms. The number of hydrogen-bond acceptors (Lipinski definition) is 3. The number of rotatable bonds is 4. The largest absolute Gasteiger partial charge is 0.342 e. The van der Waals surface area contributed by atoms with Crippen LogP contribution < -0.4 is 0 Å². The first-order valence-electron chi connectivity index (χ1n) is 8.11. The van der Waals surface area contributed by atoms with Crippen LogP contribution in [0.4, 0.5) is 0 Å². The summed E-state index contributed by atoms with van der Waals surface area (Å²) in [6.07, 6.45) is 1.06. The number of carbonyl (C=O) groups excluding carboxylic acids is 1. The lowest BCUT2D eigenvalue weighted by atomic mass is 9.94. The number of nitrogens with zero attached hydrogens (tertiary/aromatic N) is 2. The van der Waals surface area contributed by atoms with E-state index in [1.54, 1.807) is 28.4 Å². The maximum atomic E-state index is 12.8. The van der Waals surface area contributed by atoms with Crippen LogP contribution in [0.2, 0.25) is 0 Å². The van der Waals surface area contributed by atoms with E-state index in [0.29, 0.717) is 37.0 Å². The molecule has 1 aromatic rings. The number of sulfonamides is 1. The molecular formula is C17H26N2O3S. The molecule has 1 amide bonds. The van der Waals surface area contributed by atoms with Gasteiger partial charge in [-0.25, -0.2) is 8.42 Å². The zero-order valence-electron chi connectivity index (χ0n) is 14.3. The molecule has 0 N–H and O–H groups in total. The Morgan fingerprint density at radius 2 is 1.70 bits per heavy atom. The van der Waals surface area contributed by atoms with E-state index in [1.807, 2.05) is 6.92 Å². The Hall–Kier alpha value is -1.40. The molecule has 23 heavy (non-hydrogen) atoms. The predicted molar refractivity (Wildman–Crippen MR) is 90.8 cm³/mol. The van der Waals surface area contributed by atoms with Gasteiger partial charge in [0.05, 0.1) is 4.90 Å². The highest BCUT2D eigenvalue weighted by atomic mass is 32.2. The van der Waals surface area contributed by atoms with E-state index < -0.39 is 10.0 Å². The summed E-state index contributed by atoms with van der Waals surface area (Å²) < 4.78 is 27.1. The van der Waals surface area contributed by atoms with Crippen LogP contribution in [0, 0.1) is 11.8 Å². The minimum Gasteiger partial charge on any atom is -0.342 e. The third-order valence-electron chi connectivity index (χ3n) is 4.40. The summed E-state index contributed by atoms with van der Waals surface area (Å²) >= 11 is 0. The van der Waals surface area contributed by atoms with Gasteiger partial charge >= 0.3 is 0 Å². The van der Waals surface area contributed by atoms with E-state index in [-0.39, 0.29) is 10.8 Å². The van der Waals surface area contributed by atoms with E-state index in [4.69, 9.17) is 0 Å². The van der Waals surface area contributed by atoms with Crippen LogP contribution >= 0.6 is 0 Å². The Balaban J connectivity index is 2.22. The quantitative estimate of drug-likeness (QED) is 0.847. The van der Waals surface area contributed by atoms with Crippen molar-refractivity contribution < 1.29 is 13.2 Å². The molecule has 1 aromatic carbocycles. The summed E-state index contributed by atoms with van der Waals surface area (Å²) in [4.78, 5) is 13.9. The van der Waals surface area contributed by atoms with E-state index >= 15 is 0 Å². The molecule has 1 aliphatic rings. The van der Waals surface area contributed by atoms with Crippen molar-refractivity contribution >= 4 is 15.9 Å². The van der Waals surface area contributed by atoms with Crippen molar-refractivity contribution in [2.24, 2.45) is 11.8 Å². The summed E-state index contributed by atoms with van der Waals surface area (Å²) in [5.74, 6) is 0.636. The minimum atomic E-state index is -3.49. The molecule has 0 aromatic heterocycles. The first-order valence-corrected chi connectivity index (χ1v) is 9.55. The molecule has 2 rings (SSSR count). The van der Waals surface area contributed by atoms with Gasteiger partial charge < -0.3 is 4.90 Å². The van der Waals surface area contributed by atoms with Crippen molar-refractivity contribution in [3.05, 3.63) is 29.8 Å². The third kappa shape index (κ3) is 3.93. The molecule has 0 radical (unpaired) electrons. The molecule has 0 spiro atoms. The van der Waals surface area contributed by atoms with Crippen LogP contribution in [0.5, 0.6) is 0 Å². The number of carbonyl (C=O) groups is 1. The van der Waals surface area contributed by atoms with Crippen molar-refractivity contribution in [2.75, 3.05) is 26.7 Å². The minimum absolute atomic E-state index is 0.100. The van der Waals surface area contributed by atoms with Crippen LogP contribution in [-0.2, 0) is 10.0 Å². The zero-order chi connectivity index (χ0) is 17.2. The lowest BCUT2D eigenvalue weighted by molar-refractivity contribution is 0.0802. The van der Waals surface area contributed by atoms with Crippen molar-refractivity contribution in [1.29, 1.82) is 0 Å². The molecule has 1 fully saturated rings. The lowest BCUT2D eigenvalue weighted by Crippen LogP contribution is -2.42. The van der Waals surface area contributed by atoms with Crippen molar-refractivity contribution in [3.63, 3.8) is 0 Å². The fourth-order valence-corrected chi connectivity index (χ4v) is 4.76. The average Bonchev–Trinajstić information content (AvgIpc) is 2.52. The van der Waals surface area contributed by atoms with Crippen LogP contribution in [0.15, 0.2) is 29.2 Å². The van der Waals surface area contributed by atoms with Gasteiger partial charge in [0.25, 0.3) is 5.91 Å². The molecule has 5 nitrogen and oxygen atoms in total. The van der Waals surface area contributed by atoms with Crippen LogP contribution in [-0.4, -0.2) is 50.2 Å². The molecule has 0 bridgehead atoms. The molecular weight excluding hydrogens is 312 g/mol. The summed E-state index contributed by atoms with van der Waals surface area (Å²) in [5, 5.41) is 0. The van der Waals surface area contributed by atoms with Gasteiger partial charge in [0, 0.05) is 32.2 Å². The summed E-state index contributed by atoms with van der Waals surface area (Å²) in [5.41, 5.74) is 0.508. The van der Waals surface area contributed by atoms with Gasteiger partial charge in [0.15, 0.2) is 0 Å². The number of benzene rings is 1. The second-order valence-electron chi connectivity index (χ2n) is 6.61. The topological polar surface area (TPSA) is 57.7 Å². The average molecular weight is 338 g/mol. The van der Waals surface area contributed by atoms with Gasteiger partial charge in [-0.3, -0.25) is 4.79 Å². The summed E-state index contributed by atoms with van der Waals surface area (Å²) in [6, 6.07) is 6.27. The highest BCUT2D eigenvalue weighted by Crippen LogP contribution is 2.26. The van der Waals surface area contributed by atoms with Gasteiger partial charge in [-0.15, -0.1) is 0 Å². The van der Waals surface area contributed by atoms with E-state index in [9.17, 15) is 13.2 Å². The maximum Gasteiger partial charge on any atom is 0.253 e. The summed E-state index contributed by atoms with van der Waals surface area (Å²) in [7, 11) is -1.76. The third-order valence-corrected chi connectivity index (χ3v) is 6.24. The predicted octanol–water partition coefficient (Wildman–Crippen LogP) is 2.45. The number of amides is 1. The van der Waals surface area contributed by atoms with E-state index in [0.717, 1.165) is 6.42 Å². The van der Waals surface area contributed by atoms with E-state index in [1.165, 1.54) is 12.1 Å². The second kappa shape index (κ2) is 7.01. The van der Waals surface area contributed by atoms with Crippen LogP contribution in [0.3, 0.4) is 0 Å². The molecule has 1 aliphatic heterocycles.